The van der Waals surface area contributed by atoms with Crippen LogP contribution in [0.4, 0.5) is 4.79 Å². The Morgan fingerprint density at radius 2 is 2.12 bits per heavy atom. The lowest BCUT2D eigenvalue weighted by Crippen LogP contribution is -2.27. The highest BCUT2D eigenvalue weighted by Gasteiger charge is 2.10. The van der Waals surface area contributed by atoms with Crippen molar-refractivity contribution in [2.45, 2.75) is 32.7 Å². The van der Waals surface area contributed by atoms with Crippen LogP contribution in [0, 0.1) is 0 Å². The molecule has 8 heteroatoms. The number of fused-ring (bicyclic) bond motifs is 1. The van der Waals surface area contributed by atoms with Crippen LogP contribution in [0.3, 0.4) is 0 Å². The first-order chi connectivity index (χ1) is 11.5. The number of carbonyl (C=O) groups is 2. The first-order valence-corrected chi connectivity index (χ1v) is 7.89. The summed E-state index contributed by atoms with van der Waals surface area (Å²) in [5.41, 5.74) is 0.924. The van der Waals surface area contributed by atoms with Gasteiger partial charge in [-0.1, -0.05) is 13.3 Å². The standard InChI is InChI=1S/C16H21N3O5/c1-2-3-9-24-16(23)17-7-4-8-19-13-10-11(14(20)21)5-6-12(13)18-15(19)22/h5-6,10H,2-4,7-9H2,1H3,(H,17,23)(H,18,22)(H,20,21). The molecule has 0 saturated heterocycles. The number of rotatable bonds is 8. The van der Waals surface area contributed by atoms with Gasteiger partial charge in [0.2, 0.25) is 0 Å². The lowest BCUT2D eigenvalue weighted by Gasteiger charge is -2.07. The van der Waals surface area contributed by atoms with Crippen molar-refractivity contribution in [3.05, 3.63) is 34.2 Å². The van der Waals surface area contributed by atoms with E-state index in [9.17, 15) is 14.4 Å². The minimum absolute atomic E-state index is 0.118. The zero-order valence-corrected chi connectivity index (χ0v) is 13.5. The van der Waals surface area contributed by atoms with E-state index in [-0.39, 0.29) is 11.3 Å². The average molecular weight is 335 g/mol. The van der Waals surface area contributed by atoms with Crippen molar-refractivity contribution in [3.63, 3.8) is 0 Å². The van der Waals surface area contributed by atoms with Crippen molar-refractivity contribution in [1.82, 2.24) is 14.9 Å². The number of carbonyl (C=O) groups excluding carboxylic acids is 1. The van der Waals surface area contributed by atoms with E-state index in [2.05, 4.69) is 10.3 Å². The molecular weight excluding hydrogens is 314 g/mol. The van der Waals surface area contributed by atoms with Crippen LogP contribution in [-0.4, -0.2) is 39.9 Å². The molecule has 0 spiro atoms. The fraction of sp³-hybridized carbons (Fsp3) is 0.438. The fourth-order valence-electron chi connectivity index (χ4n) is 2.30. The first kappa shape index (κ1) is 17.6. The summed E-state index contributed by atoms with van der Waals surface area (Å²) in [5, 5.41) is 11.7. The number of aromatic nitrogens is 2. The van der Waals surface area contributed by atoms with Crippen molar-refractivity contribution in [1.29, 1.82) is 0 Å². The van der Waals surface area contributed by atoms with Crippen molar-refractivity contribution >= 4 is 23.1 Å². The molecule has 0 atom stereocenters. The molecule has 0 bridgehead atoms. The van der Waals surface area contributed by atoms with Gasteiger partial charge in [0.05, 0.1) is 23.2 Å². The molecule has 0 saturated carbocycles. The number of hydrogen-bond acceptors (Lipinski definition) is 4. The van der Waals surface area contributed by atoms with E-state index in [0.29, 0.717) is 37.2 Å². The van der Waals surface area contributed by atoms with Gasteiger partial charge in [-0.3, -0.25) is 4.57 Å². The highest BCUT2D eigenvalue weighted by molar-refractivity contribution is 5.92. The smallest absolute Gasteiger partial charge is 0.407 e. The Morgan fingerprint density at radius 1 is 1.33 bits per heavy atom. The second kappa shape index (κ2) is 8.19. The van der Waals surface area contributed by atoms with Gasteiger partial charge in [0.15, 0.2) is 0 Å². The number of benzene rings is 1. The number of amides is 1. The Kier molecular flexibility index (Phi) is 6.00. The number of alkyl carbamates (subject to hydrolysis) is 1. The largest absolute Gasteiger partial charge is 0.478 e. The lowest BCUT2D eigenvalue weighted by molar-refractivity contribution is 0.0697. The quantitative estimate of drug-likeness (QED) is 0.638. The predicted octanol–water partition coefficient (Wildman–Crippen LogP) is 1.94. The third-order valence-electron chi connectivity index (χ3n) is 3.58. The molecule has 1 heterocycles. The van der Waals surface area contributed by atoms with Gasteiger partial charge in [-0.25, -0.2) is 14.4 Å². The topological polar surface area (TPSA) is 113 Å². The third kappa shape index (κ3) is 4.37. The molecule has 0 radical (unpaired) electrons. The van der Waals surface area contributed by atoms with Crippen LogP contribution >= 0.6 is 0 Å². The van der Waals surface area contributed by atoms with Crippen LogP contribution in [0.1, 0.15) is 36.5 Å². The number of aromatic amines is 1. The van der Waals surface area contributed by atoms with Crippen LogP contribution in [0.2, 0.25) is 0 Å². The molecule has 1 amide bonds. The Hall–Kier alpha value is -2.77. The van der Waals surface area contributed by atoms with Crippen LogP contribution in [0.15, 0.2) is 23.0 Å². The number of carboxylic acids is 1. The molecule has 130 valence electrons. The molecule has 0 aliphatic heterocycles. The normalized spacial score (nSPS) is 10.7. The Morgan fingerprint density at radius 3 is 2.83 bits per heavy atom. The number of aryl methyl sites for hydroxylation is 1. The van der Waals surface area contributed by atoms with Gasteiger partial charge in [-0.2, -0.15) is 0 Å². The Bertz CT molecular complexity index is 778. The number of carboxylic acid groups (broad SMARTS) is 1. The molecule has 0 aliphatic carbocycles. The molecule has 8 nitrogen and oxygen atoms in total. The van der Waals surface area contributed by atoms with Crippen molar-refractivity contribution < 1.29 is 19.4 Å². The van der Waals surface area contributed by atoms with Crippen LogP contribution < -0.4 is 11.0 Å². The lowest BCUT2D eigenvalue weighted by atomic mass is 10.2. The van der Waals surface area contributed by atoms with E-state index in [1.165, 1.54) is 16.7 Å². The summed E-state index contributed by atoms with van der Waals surface area (Å²) in [6.07, 6.45) is 1.83. The zero-order valence-electron chi connectivity index (χ0n) is 13.5. The van der Waals surface area contributed by atoms with Gasteiger partial charge in [0.25, 0.3) is 0 Å². The summed E-state index contributed by atoms with van der Waals surface area (Å²) >= 11 is 0. The van der Waals surface area contributed by atoms with Crippen LogP contribution in [0.25, 0.3) is 11.0 Å². The van der Waals surface area contributed by atoms with E-state index >= 15 is 0 Å². The SMILES string of the molecule is CCCCOC(=O)NCCCn1c(=O)[nH]c2ccc(C(=O)O)cc21. The second-order valence-electron chi connectivity index (χ2n) is 5.39. The van der Waals surface area contributed by atoms with Crippen molar-refractivity contribution in [3.8, 4) is 0 Å². The van der Waals surface area contributed by atoms with E-state index in [0.717, 1.165) is 12.8 Å². The van der Waals surface area contributed by atoms with Gasteiger partial charge in [0.1, 0.15) is 0 Å². The average Bonchev–Trinajstić information content (AvgIpc) is 2.86. The van der Waals surface area contributed by atoms with E-state index in [4.69, 9.17) is 9.84 Å². The minimum atomic E-state index is -1.05. The van der Waals surface area contributed by atoms with E-state index in [1.807, 2.05) is 6.92 Å². The number of nitrogens with one attached hydrogen (secondary N) is 2. The van der Waals surface area contributed by atoms with Crippen molar-refractivity contribution in [2.75, 3.05) is 13.2 Å². The summed E-state index contributed by atoms with van der Waals surface area (Å²) < 4.78 is 6.43. The summed E-state index contributed by atoms with van der Waals surface area (Å²) in [4.78, 5) is 37.1. The van der Waals surface area contributed by atoms with Gasteiger partial charge >= 0.3 is 17.8 Å². The molecule has 1 aromatic heterocycles. The molecule has 2 rings (SSSR count). The number of unbranched alkanes of at least 4 members (excludes halogenated alkanes) is 1. The van der Waals surface area contributed by atoms with Gasteiger partial charge in [-0.15, -0.1) is 0 Å². The maximum atomic E-state index is 12.0. The molecule has 3 N–H and O–H groups in total. The molecule has 1 aromatic carbocycles. The zero-order chi connectivity index (χ0) is 17.5. The van der Waals surface area contributed by atoms with E-state index < -0.39 is 12.1 Å². The Labute approximate surface area is 138 Å². The van der Waals surface area contributed by atoms with Gasteiger partial charge in [-0.05, 0) is 31.0 Å². The second-order valence-corrected chi connectivity index (χ2v) is 5.39. The van der Waals surface area contributed by atoms with Gasteiger partial charge < -0.3 is 20.1 Å². The summed E-state index contributed by atoms with van der Waals surface area (Å²) in [5.74, 6) is -1.05. The third-order valence-corrected chi connectivity index (χ3v) is 3.58. The molecule has 24 heavy (non-hydrogen) atoms. The summed E-state index contributed by atoms with van der Waals surface area (Å²) in [6.45, 7) is 3.12. The van der Waals surface area contributed by atoms with Crippen LogP contribution in [0.5, 0.6) is 0 Å². The number of aromatic carboxylic acids is 1. The highest BCUT2D eigenvalue weighted by Crippen LogP contribution is 2.13. The van der Waals surface area contributed by atoms with Gasteiger partial charge in [0, 0.05) is 13.1 Å². The van der Waals surface area contributed by atoms with E-state index in [1.54, 1.807) is 6.07 Å². The number of H-pyrrole nitrogens is 1. The van der Waals surface area contributed by atoms with Crippen LogP contribution in [-0.2, 0) is 11.3 Å². The minimum Gasteiger partial charge on any atom is -0.478 e. The Balaban J connectivity index is 1.94. The highest BCUT2D eigenvalue weighted by atomic mass is 16.5. The number of ether oxygens (including phenoxy) is 1. The summed E-state index contributed by atoms with van der Waals surface area (Å²) in [7, 11) is 0. The summed E-state index contributed by atoms with van der Waals surface area (Å²) in [6, 6.07) is 4.47. The first-order valence-electron chi connectivity index (χ1n) is 7.89. The molecular formula is C16H21N3O5. The number of hydrogen-bond donors (Lipinski definition) is 3. The monoisotopic (exact) mass is 335 g/mol. The number of imidazole rings is 1. The molecule has 0 unspecified atom stereocenters. The predicted molar refractivity (Wildman–Crippen MR) is 88.4 cm³/mol. The van der Waals surface area contributed by atoms with Crippen molar-refractivity contribution in [2.24, 2.45) is 0 Å². The fourth-order valence-corrected chi connectivity index (χ4v) is 2.30. The number of nitrogens with zero attached hydrogens (tertiary/aromatic N) is 1. The maximum Gasteiger partial charge on any atom is 0.407 e. The molecule has 2 aromatic rings. The maximum absolute atomic E-state index is 12.0. The molecule has 0 aliphatic rings. The molecule has 0 fully saturated rings.